The Morgan fingerprint density at radius 1 is 1.45 bits per heavy atom. The summed E-state index contributed by atoms with van der Waals surface area (Å²) < 4.78 is 38.8. The maximum atomic E-state index is 12.9. The van der Waals surface area contributed by atoms with Crippen LogP contribution in [0.15, 0.2) is 6.07 Å². The summed E-state index contributed by atoms with van der Waals surface area (Å²) in [7, 11) is 0. The molecule has 1 aromatic rings. The number of hydrogen-bond donors (Lipinski definition) is 2. The van der Waals surface area contributed by atoms with Crippen molar-refractivity contribution in [3.8, 4) is 0 Å². The fraction of sp³-hybridized carbons (Fsp3) is 0.615. The minimum Gasteiger partial charge on any atom is -0.480 e. The van der Waals surface area contributed by atoms with E-state index < -0.39 is 24.0 Å². The molecular formula is C13H17F3N4O2. The van der Waals surface area contributed by atoms with Crippen molar-refractivity contribution in [3.05, 3.63) is 17.6 Å². The van der Waals surface area contributed by atoms with E-state index in [1.54, 1.807) is 13.8 Å². The Bertz CT molecular complexity index is 563. The van der Waals surface area contributed by atoms with E-state index in [-0.39, 0.29) is 24.0 Å². The zero-order valence-corrected chi connectivity index (χ0v) is 12.2. The Kier molecular flexibility index (Phi) is 4.55. The number of carbonyl (C=O) groups is 1. The summed E-state index contributed by atoms with van der Waals surface area (Å²) in [6.45, 7) is 4.28. The second-order valence-electron chi connectivity index (χ2n) is 5.42. The van der Waals surface area contributed by atoms with Crippen LogP contribution >= 0.6 is 0 Å². The van der Waals surface area contributed by atoms with Crippen LogP contribution in [0.3, 0.4) is 0 Å². The van der Waals surface area contributed by atoms with Crippen molar-refractivity contribution in [1.29, 1.82) is 0 Å². The van der Waals surface area contributed by atoms with E-state index in [1.165, 1.54) is 11.0 Å². The fourth-order valence-electron chi connectivity index (χ4n) is 2.16. The molecule has 0 radical (unpaired) electrons. The van der Waals surface area contributed by atoms with Gasteiger partial charge in [-0.15, -0.1) is 0 Å². The molecule has 0 bridgehead atoms. The standard InChI is InChI=1S/C13H17F3N4O2/c1-7(2)8-5-10(19-12(18-8)13(14,15)16)20-4-3-17-9(6-20)11(21)22/h5,7,9,17H,3-4,6H2,1-2H3,(H,21,22)/t9-/m1/s1. The molecule has 0 spiro atoms. The predicted octanol–water partition coefficient (Wildman–Crippen LogP) is 1.48. The summed E-state index contributed by atoms with van der Waals surface area (Å²) in [6, 6.07) is 0.657. The number of piperazine rings is 1. The summed E-state index contributed by atoms with van der Waals surface area (Å²) in [5, 5.41) is 11.8. The third-order valence-electron chi connectivity index (χ3n) is 3.38. The van der Waals surface area contributed by atoms with Crippen LogP contribution in [0.5, 0.6) is 0 Å². The first kappa shape index (κ1) is 16.5. The molecule has 1 aliphatic rings. The molecule has 1 saturated heterocycles. The Labute approximate surface area is 125 Å². The largest absolute Gasteiger partial charge is 0.480 e. The van der Waals surface area contributed by atoms with E-state index >= 15 is 0 Å². The summed E-state index contributed by atoms with van der Waals surface area (Å²) >= 11 is 0. The molecule has 0 saturated carbocycles. The maximum Gasteiger partial charge on any atom is 0.451 e. The molecular weight excluding hydrogens is 301 g/mol. The van der Waals surface area contributed by atoms with Gasteiger partial charge in [0.25, 0.3) is 0 Å². The van der Waals surface area contributed by atoms with Crippen LogP contribution in [0, 0.1) is 0 Å². The van der Waals surface area contributed by atoms with Crippen molar-refractivity contribution in [2.45, 2.75) is 32.0 Å². The Morgan fingerprint density at radius 3 is 2.68 bits per heavy atom. The van der Waals surface area contributed by atoms with Gasteiger partial charge in [-0.25, -0.2) is 9.97 Å². The molecule has 122 valence electrons. The SMILES string of the molecule is CC(C)c1cc(N2CCN[C@@H](C(=O)O)C2)nc(C(F)(F)F)n1. The zero-order chi connectivity index (χ0) is 16.5. The van der Waals surface area contributed by atoms with Gasteiger partial charge in [-0.1, -0.05) is 13.8 Å². The molecule has 6 nitrogen and oxygen atoms in total. The normalized spacial score (nSPS) is 19.5. The van der Waals surface area contributed by atoms with Crippen LogP contribution < -0.4 is 10.2 Å². The zero-order valence-electron chi connectivity index (χ0n) is 12.2. The van der Waals surface area contributed by atoms with Gasteiger partial charge in [0, 0.05) is 31.4 Å². The summed E-state index contributed by atoms with van der Waals surface area (Å²) in [5.74, 6) is -2.32. The van der Waals surface area contributed by atoms with E-state index in [1.807, 2.05) is 0 Å². The predicted molar refractivity (Wildman–Crippen MR) is 72.8 cm³/mol. The van der Waals surface area contributed by atoms with Crippen LogP contribution in [0.1, 0.15) is 31.3 Å². The number of aliphatic carboxylic acids is 1. The monoisotopic (exact) mass is 318 g/mol. The highest BCUT2D eigenvalue weighted by atomic mass is 19.4. The second kappa shape index (κ2) is 6.07. The highest BCUT2D eigenvalue weighted by molar-refractivity contribution is 5.74. The third-order valence-corrected chi connectivity index (χ3v) is 3.38. The van der Waals surface area contributed by atoms with Gasteiger partial charge in [0.2, 0.25) is 5.82 Å². The molecule has 0 amide bonds. The average molecular weight is 318 g/mol. The van der Waals surface area contributed by atoms with Crippen LogP contribution in [-0.2, 0) is 11.0 Å². The fourth-order valence-corrected chi connectivity index (χ4v) is 2.16. The summed E-state index contributed by atoms with van der Waals surface area (Å²) in [4.78, 5) is 19.7. The summed E-state index contributed by atoms with van der Waals surface area (Å²) in [5.41, 5.74) is 0.280. The van der Waals surface area contributed by atoms with Crippen LogP contribution in [0.4, 0.5) is 19.0 Å². The van der Waals surface area contributed by atoms with E-state index in [2.05, 4.69) is 15.3 Å². The van der Waals surface area contributed by atoms with Crippen molar-refractivity contribution in [1.82, 2.24) is 15.3 Å². The molecule has 0 aromatic carbocycles. The number of hydrogen-bond acceptors (Lipinski definition) is 5. The molecule has 9 heteroatoms. The topological polar surface area (TPSA) is 78.4 Å². The van der Waals surface area contributed by atoms with Crippen molar-refractivity contribution >= 4 is 11.8 Å². The Hall–Kier alpha value is -1.90. The van der Waals surface area contributed by atoms with Gasteiger partial charge in [-0.3, -0.25) is 4.79 Å². The van der Waals surface area contributed by atoms with E-state index in [0.717, 1.165) is 0 Å². The lowest BCUT2D eigenvalue weighted by Crippen LogP contribution is -2.54. The quantitative estimate of drug-likeness (QED) is 0.879. The number of rotatable bonds is 3. The number of nitrogens with one attached hydrogen (secondary N) is 1. The lowest BCUT2D eigenvalue weighted by atomic mass is 10.1. The molecule has 2 N–H and O–H groups in total. The lowest BCUT2D eigenvalue weighted by Gasteiger charge is -2.33. The van der Waals surface area contributed by atoms with Gasteiger partial charge >= 0.3 is 12.1 Å². The van der Waals surface area contributed by atoms with Crippen molar-refractivity contribution in [3.63, 3.8) is 0 Å². The molecule has 1 aromatic heterocycles. The van der Waals surface area contributed by atoms with Gasteiger partial charge in [0.05, 0.1) is 0 Å². The molecule has 0 aliphatic carbocycles. The van der Waals surface area contributed by atoms with Gasteiger partial charge in [0.1, 0.15) is 11.9 Å². The van der Waals surface area contributed by atoms with Gasteiger partial charge in [0.15, 0.2) is 0 Å². The van der Waals surface area contributed by atoms with Gasteiger partial charge in [-0.2, -0.15) is 13.2 Å². The molecule has 0 unspecified atom stereocenters. The van der Waals surface area contributed by atoms with Crippen molar-refractivity contribution in [2.75, 3.05) is 24.5 Å². The first-order valence-electron chi connectivity index (χ1n) is 6.86. The van der Waals surface area contributed by atoms with Crippen LogP contribution in [-0.4, -0.2) is 46.7 Å². The van der Waals surface area contributed by atoms with E-state index in [4.69, 9.17) is 5.11 Å². The number of alkyl halides is 3. The number of carboxylic acids is 1. The third kappa shape index (κ3) is 3.65. The number of nitrogens with zero attached hydrogens (tertiary/aromatic N) is 3. The highest BCUT2D eigenvalue weighted by Gasteiger charge is 2.36. The number of aromatic nitrogens is 2. The van der Waals surface area contributed by atoms with Crippen LogP contribution in [0.25, 0.3) is 0 Å². The molecule has 22 heavy (non-hydrogen) atoms. The van der Waals surface area contributed by atoms with Crippen LogP contribution in [0.2, 0.25) is 0 Å². The van der Waals surface area contributed by atoms with E-state index in [0.29, 0.717) is 13.1 Å². The van der Waals surface area contributed by atoms with Crippen molar-refractivity contribution < 1.29 is 23.1 Å². The molecule has 1 aliphatic heterocycles. The Morgan fingerprint density at radius 2 is 2.14 bits per heavy atom. The highest BCUT2D eigenvalue weighted by Crippen LogP contribution is 2.29. The smallest absolute Gasteiger partial charge is 0.451 e. The average Bonchev–Trinajstić information content (AvgIpc) is 2.46. The van der Waals surface area contributed by atoms with Gasteiger partial charge < -0.3 is 15.3 Å². The molecule has 2 rings (SSSR count). The first-order valence-corrected chi connectivity index (χ1v) is 6.86. The first-order chi connectivity index (χ1) is 10.2. The lowest BCUT2D eigenvalue weighted by molar-refractivity contribution is -0.145. The summed E-state index contributed by atoms with van der Waals surface area (Å²) in [6.07, 6.45) is -4.64. The minimum absolute atomic E-state index is 0.0567. The number of carboxylic acid groups (broad SMARTS) is 1. The molecule has 2 heterocycles. The van der Waals surface area contributed by atoms with E-state index in [9.17, 15) is 18.0 Å². The number of anilines is 1. The maximum absolute atomic E-state index is 12.9. The molecule has 1 atom stereocenters. The van der Waals surface area contributed by atoms with Gasteiger partial charge in [-0.05, 0) is 5.92 Å². The van der Waals surface area contributed by atoms with Crippen molar-refractivity contribution in [2.24, 2.45) is 0 Å². The Balaban J connectivity index is 2.37. The second-order valence-corrected chi connectivity index (χ2v) is 5.42. The minimum atomic E-state index is -4.64. The number of halogens is 3. The molecule has 1 fully saturated rings.